The molecule has 3 nitrogen and oxygen atoms in total. The fourth-order valence-electron chi connectivity index (χ4n) is 2.23. The van der Waals surface area contributed by atoms with Crippen LogP contribution in [0.3, 0.4) is 0 Å². The third-order valence-corrected chi connectivity index (χ3v) is 5.00. The van der Waals surface area contributed by atoms with Crippen molar-refractivity contribution >= 4 is 10.8 Å². The predicted octanol–water partition coefficient (Wildman–Crippen LogP) is 2.50. The molecule has 0 heterocycles. The van der Waals surface area contributed by atoms with Crippen molar-refractivity contribution in [3.05, 3.63) is 24.3 Å². The first-order valence-corrected chi connectivity index (χ1v) is 6.92. The lowest BCUT2D eigenvalue weighted by molar-refractivity contribution is 0.413. The first-order chi connectivity index (χ1) is 8.26. The van der Waals surface area contributed by atoms with Gasteiger partial charge in [-0.1, -0.05) is 12.5 Å². The van der Waals surface area contributed by atoms with E-state index in [2.05, 4.69) is 6.07 Å². The third kappa shape index (κ3) is 2.50. The van der Waals surface area contributed by atoms with E-state index in [-0.39, 0.29) is 11.2 Å². The van der Waals surface area contributed by atoms with Gasteiger partial charge in [-0.15, -0.1) is 0 Å². The van der Waals surface area contributed by atoms with Crippen LogP contribution in [0.4, 0.5) is 0 Å². The Morgan fingerprint density at radius 1 is 1.47 bits per heavy atom. The van der Waals surface area contributed by atoms with Crippen molar-refractivity contribution < 1.29 is 8.95 Å². The van der Waals surface area contributed by atoms with E-state index in [9.17, 15) is 4.21 Å². The second-order valence-electron chi connectivity index (χ2n) is 4.18. The van der Waals surface area contributed by atoms with Crippen LogP contribution in [0, 0.1) is 17.2 Å². The second-order valence-corrected chi connectivity index (χ2v) is 5.85. The molecule has 1 fully saturated rings. The highest BCUT2D eigenvalue weighted by Crippen LogP contribution is 2.32. The number of benzene rings is 1. The maximum atomic E-state index is 12.4. The average molecular weight is 249 g/mol. The molecule has 2 rings (SSSR count). The maximum absolute atomic E-state index is 12.4. The number of hydrogen-bond donors (Lipinski definition) is 0. The molecule has 1 saturated carbocycles. The Kier molecular flexibility index (Phi) is 3.80. The summed E-state index contributed by atoms with van der Waals surface area (Å²) in [7, 11) is 0.490. The van der Waals surface area contributed by atoms with Gasteiger partial charge >= 0.3 is 0 Å². The SMILES string of the molecule is COc1cccc(S(=O)C2CCCC2C#N)c1. The smallest absolute Gasteiger partial charge is 0.120 e. The summed E-state index contributed by atoms with van der Waals surface area (Å²) in [6.07, 6.45) is 2.75. The zero-order chi connectivity index (χ0) is 12.3. The van der Waals surface area contributed by atoms with E-state index >= 15 is 0 Å². The molecule has 0 bridgehead atoms. The Morgan fingerprint density at radius 2 is 2.29 bits per heavy atom. The summed E-state index contributed by atoms with van der Waals surface area (Å²) < 4.78 is 17.5. The monoisotopic (exact) mass is 249 g/mol. The largest absolute Gasteiger partial charge is 0.497 e. The number of nitriles is 1. The van der Waals surface area contributed by atoms with Crippen LogP contribution in [-0.2, 0) is 10.8 Å². The van der Waals surface area contributed by atoms with E-state index < -0.39 is 10.8 Å². The van der Waals surface area contributed by atoms with Crippen molar-refractivity contribution in [1.82, 2.24) is 0 Å². The molecular formula is C13H15NO2S. The summed E-state index contributed by atoms with van der Waals surface area (Å²) in [6.45, 7) is 0. The van der Waals surface area contributed by atoms with E-state index in [4.69, 9.17) is 10.00 Å². The highest BCUT2D eigenvalue weighted by atomic mass is 32.2. The Morgan fingerprint density at radius 3 is 3.00 bits per heavy atom. The Hall–Kier alpha value is -1.34. The van der Waals surface area contributed by atoms with Gasteiger partial charge in [-0.25, -0.2) is 0 Å². The molecule has 1 aliphatic rings. The van der Waals surface area contributed by atoms with Crippen LogP contribution < -0.4 is 4.74 Å². The number of methoxy groups -OCH3 is 1. The van der Waals surface area contributed by atoms with Gasteiger partial charge in [0, 0.05) is 4.90 Å². The predicted molar refractivity (Wildman–Crippen MR) is 66.1 cm³/mol. The lowest BCUT2D eigenvalue weighted by Crippen LogP contribution is -2.19. The molecule has 1 aromatic rings. The lowest BCUT2D eigenvalue weighted by Gasteiger charge is -2.13. The highest BCUT2D eigenvalue weighted by Gasteiger charge is 2.32. The lowest BCUT2D eigenvalue weighted by atomic mass is 10.1. The molecule has 4 heteroatoms. The Balaban J connectivity index is 2.22. The summed E-state index contributed by atoms with van der Waals surface area (Å²) in [6, 6.07) is 9.57. The van der Waals surface area contributed by atoms with E-state index in [1.807, 2.05) is 18.2 Å². The van der Waals surface area contributed by atoms with E-state index in [0.29, 0.717) is 5.75 Å². The zero-order valence-electron chi connectivity index (χ0n) is 9.76. The van der Waals surface area contributed by atoms with Gasteiger partial charge in [-0.05, 0) is 31.0 Å². The first kappa shape index (κ1) is 12.1. The van der Waals surface area contributed by atoms with Crippen molar-refractivity contribution in [1.29, 1.82) is 5.26 Å². The topological polar surface area (TPSA) is 50.1 Å². The molecule has 0 saturated heterocycles. The molecule has 90 valence electrons. The Labute approximate surface area is 104 Å². The first-order valence-electron chi connectivity index (χ1n) is 5.70. The summed E-state index contributed by atoms with van der Waals surface area (Å²) >= 11 is 0. The van der Waals surface area contributed by atoms with Crippen molar-refractivity contribution in [3.63, 3.8) is 0 Å². The van der Waals surface area contributed by atoms with Crippen LogP contribution in [0.5, 0.6) is 5.75 Å². The fourth-order valence-corrected chi connectivity index (χ4v) is 3.90. The van der Waals surface area contributed by atoms with E-state index in [1.54, 1.807) is 13.2 Å². The minimum Gasteiger partial charge on any atom is -0.497 e. The van der Waals surface area contributed by atoms with Crippen LogP contribution in [0.1, 0.15) is 19.3 Å². The molecule has 0 aliphatic heterocycles. The van der Waals surface area contributed by atoms with Crippen LogP contribution in [0.2, 0.25) is 0 Å². The van der Waals surface area contributed by atoms with Gasteiger partial charge < -0.3 is 4.74 Å². The number of nitrogens with zero attached hydrogens (tertiary/aromatic N) is 1. The quantitative estimate of drug-likeness (QED) is 0.827. The van der Waals surface area contributed by atoms with Crippen molar-refractivity contribution in [2.45, 2.75) is 29.4 Å². The molecule has 0 spiro atoms. The number of hydrogen-bond acceptors (Lipinski definition) is 3. The van der Waals surface area contributed by atoms with Crippen molar-refractivity contribution in [2.75, 3.05) is 7.11 Å². The van der Waals surface area contributed by atoms with Crippen LogP contribution in [0.15, 0.2) is 29.2 Å². The van der Waals surface area contributed by atoms with E-state index in [1.165, 1.54) is 0 Å². The number of rotatable bonds is 3. The van der Waals surface area contributed by atoms with Crippen LogP contribution in [-0.4, -0.2) is 16.6 Å². The molecule has 1 aliphatic carbocycles. The summed E-state index contributed by atoms with van der Waals surface area (Å²) in [5.74, 6) is 0.643. The van der Waals surface area contributed by atoms with Gasteiger partial charge in [0.15, 0.2) is 0 Å². The molecule has 3 atom stereocenters. The Bertz CT molecular complexity index is 467. The maximum Gasteiger partial charge on any atom is 0.120 e. The van der Waals surface area contributed by atoms with Crippen LogP contribution >= 0.6 is 0 Å². The van der Waals surface area contributed by atoms with Gasteiger partial charge in [0.2, 0.25) is 0 Å². The number of ether oxygens (including phenoxy) is 1. The molecule has 0 radical (unpaired) electrons. The summed E-state index contributed by atoms with van der Waals surface area (Å²) in [4.78, 5) is 0.761. The summed E-state index contributed by atoms with van der Waals surface area (Å²) in [5.41, 5.74) is 0. The third-order valence-electron chi connectivity index (χ3n) is 3.17. The van der Waals surface area contributed by atoms with E-state index in [0.717, 1.165) is 24.2 Å². The molecule has 17 heavy (non-hydrogen) atoms. The summed E-state index contributed by atoms with van der Waals surface area (Å²) in [5, 5.41) is 9.00. The second kappa shape index (κ2) is 5.33. The van der Waals surface area contributed by atoms with Crippen molar-refractivity contribution in [3.8, 4) is 11.8 Å². The fraction of sp³-hybridized carbons (Fsp3) is 0.462. The van der Waals surface area contributed by atoms with Gasteiger partial charge in [0.1, 0.15) is 5.75 Å². The normalized spacial score (nSPS) is 25.2. The van der Waals surface area contributed by atoms with Gasteiger partial charge in [0.25, 0.3) is 0 Å². The molecule has 0 aromatic heterocycles. The van der Waals surface area contributed by atoms with Gasteiger partial charge in [0.05, 0.1) is 35.1 Å². The molecular weight excluding hydrogens is 234 g/mol. The van der Waals surface area contributed by atoms with Gasteiger partial charge in [-0.2, -0.15) is 5.26 Å². The minimum absolute atomic E-state index is 0.0212. The zero-order valence-corrected chi connectivity index (χ0v) is 10.6. The van der Waals surface area contributed by atoms with Crippen LogP contribution in [0.25, 0.3) is 0 Å². The van der Waals surface area contributed by atoms with Crippen molar-refractivity contribution in [2.24, 2.45) is 5.92 Å². The molecule has 0 amide bonds. The standard InChI is InChI=1S/C13H15NO2S/c1-16-11-5-3-6-12(8-11)17(15)13-7-2-4-10(13)9-14/h3,5-6,8,10,13H,2,4,7H2,1H3. The highest BCUT2D eigenvalue weighted by molar-refractivity contribution is 7.85. The van der Waals surface area contributed by atoms with Gasteiger partial charge in [-0.3, -0.25) is 4.21 Å². The molecule has 1 aromatic carbocycles. The minimum atomic E-state index is -1.10. The molecule has 0 N–H and O–H groups in total. The average Bonchev–Trinajstić information content (AvgIpc) is 2.86. The molecule has 3 unspecified atom stereocenters.